The Bertz CT molecular complexity index is 365. The number of nitrogens with zero attached hydrogens (tertiary/aromatic N) is 2. The van der Waals surface area contributed by atoms with Gasteiger partial charge in [-0.25, -0.2) is 9.37 Å². The number of anilines is 1. The van der Waals surface area contributed by atoms with Crippen molar-refractivity contribution in [2.45, 2.75) is 12.5 Å². The first-order chi connectivity index (χ1) is 7.44. The molecule has 0 saturated carbocycles. The number of hydrogen-bond donors (Lipinski definition) is 2. The van der Waals surface area contributed by atoms with Crippen molar-refractivity contribution in [1.29, 1.82) is 0 Å². The fraction of sp³-hybridized carbons (Fsp3) is 0.556. The third-order valence-corrected chi connectivity index (χ3v) is 2.90. The average molecular weight is 266 g/mol. The smallest absolute Gasteiger partial charge is 0.224 e. The normalized spacial score (nSPS) is 14.6. The SMILES string of the molecule is CSCC(C)(O)CNc1nc(Cl)ncc1F. The zero-order chi connectivity index (χ0) is 12.2. The van der Waals surface area contributed by atoms with Crippen LogP contribution in [-0.4, -0.2) is 39.2 Å². The van der Waals surface area contributed by atoms with Crippen LogP contribution in [0.2, 0.25) is 5.28 Å². The molecule has 90 valence electrons. The third-order valence-electron chi connectivity index (χ3n) is 1.81. The molecular weight excluding hydrogens is 253 g/mol. The molecule has 1 rings (SSSR count). The third kappa shape index (κ3) is 4.11. The van der Waals surface area contributed by atoms with Gasteiger partial charge in [-0.15, -0.1) is 0 Å². The summed E-state index contributed by atoms with van der Waals surface area (Å²) in [6, 6.07) is 0. The Labute approximate surface area is 103 Å². The molecule has 0 spiro atoms. The maximum Gasteiger partial charge on any atom is 0.224 e. The number of thioether (sulfide) groups is 1. The maximum atomic E-state index is 13.2. The van der Waals surface area contributed by atoms with Crippen LogP contribution in [0.3, 0.4) is 0 Å². The Kier molecular flexibility index (Phi) is 4.76. The van der Waals surface area contributed by atoms with Gasteiger partial charge in [0.1, 0.15) is 0 Å². The van der Waals surface area contributed by atoms with Crippen LogP contribution in [0.25, 0.3) is 0 Å². The van der Waals surface area contributed by atoms with Crippen molar-refractivity contribution in [3.63, 3.8) is 0 Å². The van der Waals surface area contributed by atoms with E-state index in [1.54, 1.807) is 6.92 Å². The summed E-state index contributed by atoms with van der Waals surface area (Å²) in [4.78, 5) is 7.18. The lowest BCUT2D eigenvalue weighted by molar-refractivity contribution is 0.0995. The number of rotatable bonds is 5. The largest absolute Gasteiger partial charge is 0.387 e. The van der Waals surface area contributed by atoms with Crippen molar-refractivity contribution >= 4 is 29.2 Å². The Balaban J connectivity index is 2.63. The standard InChI is InChI=1S/C9H13ClFN3OS/c1-9(15,5-16-2)4-13-7-6(11)3-12-8(10)14-7/h3,15H,4-5H2,1-2H3,(H,12,13,14). The van der Waals surface area contributed by atoms with E-state index in [0.29, 0.717) is 5.75 Å². The van der Waals surface area contributed by atoms with Gasteiger partial charge in [0.25, 0.3) is 0 Å². The lowest BCUT2D eigenvalue weighted by Crippen LogP contribution is -2.36. The fourth-order valence-corrected chi connectivity index (χ4v) is 1.96. The van der Waals surface area contributed by atoms with E-state index in [4.69, 9.17) is 11.6 Å². The molecule has 4 nitrogen and oxygen atoms in total. The maximum absolute atomic E-state index is 13.2. The fourth-order valence-electron chi connectivity index (χ4n) is 1.11. The lowest BCUT2D eigenvalue weighted by atomic mass is 10.1. The van der Waals surface area contributed by atoms with E-state index in [2.05, 4.69) is 15.3 Å². The van der Waals surface area contributed by atoms with E-state index >= 15 is 0 Å². The molecule has 2 N–H and O–H groups in total. The topological polar surface area (TPSA) is 58.0 Å². The van der Waals surface area contributed by atoms with Gasteiger partial charge >= 0.3 is 0 Å². The van der Waals surface area contributed by atoms with Crippen LogP contribution in [0.15, 0.2) is 6.20 Å². The number of nitrogens with one attached hydrogen (secondary N) is 1. The van der Waals surface area contributed by atoms with Crippen molar-refractivity contribution in [3.05, 3.63) is 17.3 Å². The summed E-state index contributed by atoms with van der Waals surface area (Å²) < 4.78 is 13.2. The van der Waals surface area contributed by atoms with E-state index in [0.717, 1.165) is 6.20 Å². The van der Waals surface area contributed by atoms with E-state index in [1.165, 1.54) is 11.8 Å². The highest BCUT2D eigenvalue weighted by Gasteiger charge is 2.20. The first-order valence-electron chi connectivity index (χ1n) is 4.58. The lowest BCUT2D eigenvalue weighted by Gasteiger charge is -2.22. The highest BCUT2D eigenvalue weighted by atomic mass is 35.5. The van der Waals surface area contributed by atoms with Crippen LogP contribution in [0.5, 0.6) is 0 Å². The van der Waals surface area contributed by atoms with Gasteiger partial charge in [0.15, 0.2) is 11.6 Å². The molecule has 0 radical (unpaired) electrons. The minimum atomic E-state index is -0.927. The van der Waals surface area contributed by atoms with Crippen LogP contribution >= 0.6 is 23.4 Å². The molecule has 7 heteroatoms. The predicted octanol–water partition coefficient (Wildman–Crippen LogP) is 1.79. The van der Waals surface area contributed by atoms with E-state index in [1.807, 2.05) is 6.26 Å². The van der Waals surface area contributed by atoms with Crippen molar-refractivity contribution in [2.24, 2.45) is 0 Å². The summed E-state index contributed by atoms with van der Waals surface area (Å²) in [7, 11) is 0. The molecule has 0 aliphatic rings. The van der Waals surface area contributed by atoms with Crippen LogP contribution in [0.1, 0.15) is 6.92 Å². The number of halogens is 2. The molecule has 1 aromatic rings. The minimum absolute atomic E-state index is 0.00128. The molecule has 16 heavy (non-hydrogen) atoms. The molecule has 0 saturated heterocycles. The number of hydrogen-bond acceptors (Lipinski definition) is 5. The van der Waals surface area contributed by atoms with Gasteiger partial charge < -0.3 is 10.4 Å². The Morgan fingerprint density at radius 3 is 3.00 bits per heavy atom. The van der Waals surface area contributed by atoms with Crippen LogP contribution < -0.4 is 5.32 Å². The van der Waals surface area contributed by atoms with Crippen molar-refractivity contribution in [2.75, 3.05) is 23.9 Å². The van der Waals surface area contributed by atoms with Crippen molar-refractivity contribution in [1.82, 2.24) is 9.97 Å². The summed E-state index contributed by atoms with van der Waals surface area (Å²) in [5, 5.41) is 12.5. The molecule has 1 heterocycles. The number of aromatic nitrogens is 2. The van der Waals surface area contributed by atoms with Crippen molar-refractivity contribution in [3.8, 4) is 0 Å². The summed E-state index contributed by atoms with van der Waals surface area (Å²) in [5.41, 5.74) is -0.927. The van der Waals surface area contributed by atoms with E-state index in [9.17, 15) is 9.50 Å². The van der Waals surface area contributed by atoms with Gasteiger partial charge in [-0.1, -0.05) is 0 Å². The van der Waals surface area contributed by atoms with Crippen LogP contribution in [0, 0.1) is 5.82 Å². The van der Waals surface area contributed by atoms with Gasteiger partial charge in [0.05, 0.1) is 11.8 Å². The Morgan fingerprint density at radius 1 is 1.69 bits per heavy atom. The summed E-state index contributed by atoms with van der Waals surface area (Å²) in [6.07, 6.45) is 2.87. The predicted molar refractivity (Wildman–Crippen MR) is 64.5 cm³/mol. The molecule has 0 fully saturated rings. The molecule has 1 aromatic heterocycles. The minimum Gasteiger partial charge on any atom is -0.387 e. The molecule has 0 aliphatic heterocycles. The summed E-state index contributed by atoms with van der Waals surface area (Å²) in [5.74, 6) is -0.0498. The molecule has 0 aromatic carbocycles. The van der Waals surface area contributed by atoms with Gasteiger partial charge in [0, 0.05) is 12.3 Å². The zero-order valence-electron chi connectivity index (χ0n) is 9.00. The van der Waals surface area contributed by atoms with Gasteiger partial charge in [-0.3, -0.25) is 0 Å². The monoisotopic (exact) mass is 265 g/mol. The molecule has 0 amide bonds. The van der Waals surface area contributed by atoms with Crippen molar-refractivity contribution < 1.29 is 9.50 Å². The first-order valence-corrected chi connectivity index (χ1v) is 6.35. The molecule has 0 aliphatic carbocycles. The van der Waals surface area contributed by atoms with E-state index < -0.39 is 11.4 Å². The van der Waals surface area contributed by atoms with Gasteiger partial charge in [-0.2, -0.15) is 16.7 Å². The van der Waals surface area contributed by atoms with Gasteiger partial charge in [-0.05, 0) is 24.8 Å². The highest BCUT2D eigenvalue weighted by molar-refractivity contribution is 7.98. The Morgan fingerprint density at radius 2 is 2.38 bits per heavy atom. The number of aliphatic hydroxyl groups is 1. The second kappa shape index (κ2) is 5.65. The molecular formula is C9H13ClFN3OS. The van der Waals surface area contributed by atoms with Crippen LogP contribution in [-0.2, 0) is 0 Å². The second-order valence-electron chi connectivity index (χ2n) is 3.62. The summed E-state index contributed by atoms with van der Waals surface area (Å²) >= 11 is 7.04. The van der Waals surface area contributed by atoms with E-state index in [-0.39, 0.29) is 17.6 Å². The zero-order valence-corrected chi connectivity index (χ0v) is 10.6. The quantitative estimate of drug-likeness (QED) is 0.795. The highest BCUT2D eigenvalue weighted by Crippen LogP contribution is 2.15. The first kappa shape index (κ1) is 13.5. The Hall–Kier alpha value is -0.590. The summed E-state index contributed by atoms with van der Waals surface area (Å²) in [6.45, 7) is 1.86. The van der Waals surface area contributed by atoms with Gasteiger partial charge in [0.2, 0.25) is 5.28 Å². The van der Waals surface area contributed by atoms with Crippen LogP contribution in [0.4, 0.5) is 10.2 Å². The second-order valence-corrected chi connectivity index (χ2v) is 4.82. The average Bonchev–Trinajstić information content (AvgIpc) is 2.19. The molecule has 1 unspecified atom stereocenters. The molecule has 0 bridgehead atoms. The molecule has 1 atom stereocenters.